The van der Waals surface area contributed by atoms with Gasteiger partial charge in [-0.25, -0.2) is 4.79 Å². The van der Waals surface area contributed by atoms with Gasteiger partial charge in [-0.05, 0) is 56.2 Å². The van der Waals surface area contributed by atoms with E-state index in [1.54, 1.807) is 46.3 Å². The van der Waals surface area contributed by atoms with Crippen LogP contribution in [0.15, 0.2) is 71.9 Å². The predicted octanol–water partition coefficient (Wildman–Crippen LogP) is 4.67. The molecule has 4 N–H and O–H groups in total. The topological polar surface area (TPSA) is 92.4 Å². The molecule has 0 saturated carbocycles. The van der Waals surface area contributed by atoms with Gasteiger partial charge in [0.2, 0.25) is 0 Å². The van der Waals surface area contributed by atoms with E-state index in [2.05, 4.69) is 5.32 Å². The Morgan fingerprint density at radius 2 is 1.97 bits per heavy atom. The van der Waals surface area contributed by atoms with Gasteiger partial charge >= 0.3 is 12.2 Å². The SMILES string of the molecule is CC1C=C(c2ccc(=O)n(C(C)C)c2)C=CN1/C(=C\N)c1cccc(NC(=O)NCC(F)(F)F)c1. The zero-order chi connectivity index (χ0) is 25.8. The molecule has 0 aliphatic carbocycles. The number of aromatic nitrogens is 1. The summed E-state index contributed by atoms with van der Waals surface area (Å²) in [6.07, 6.45) is 4.61. The van der Waals surface area contributed by atoms with Crippen LogP contribution in [0, 0.1) is 0 Å². The van der Waals surface area contributed by atoms with E-state index < -0.39 is 18.8 Å². The van der Waals surface area contributed by atoms with Crippen LogP contribution < -0.4 is 21.9 Å². The van der Waals surface area contributed by atoms with E-state index in [4.69, 9.17) is 5.73 Å². The molecule has 0 saturated heterocycles. The molecule has 186 valence electrons. The van der Waals surface area contributed by atoms with E-state index in [0.717, 1.165) is 11.1 Å². The van der Waals surface area contributed by atoms with Crippen LogP contribution in [0.1, 0.15) is 37.9 Å². The lowest BCUT2D eigenvalue weighted by molar-refractivity contribution is -0.122. The van der Waals surface area contributed by atoms with Crippen molar-refractivity contribution in [2.75, 3.05) is 11.9 Å². The van der Waals surface area contributed by atoms with E-state index >= 15 is 0 Å². The number of hydrogen-bond donors (Lipinski definition) is 3. The minimum absolute atomic E-state index is 0.0350. The summed E-state index contributed by atoms with van der Waals surface area (Å²) >= 11 is 0. The van der Waals surface area contributed by atoms with Crippen LogP contribution in [-0.4, -0.2) is 34.3 Å². The summed E-state index contributed by atoms with van der Waals surface area (Å²) in [6, 6.07) is 8.98. The molecule has 1 aliphatic rings. The first kappa shape index (κ1) is 25.7. The standard InChI is InChI=1S/C25H28F3N5O2/c1-16(2)33-14-20(7-8-23(33)34)18-9-10-32(17(3)11-18)22(13-29)19-5-4-6-21(12-19)31-24(35)30-15-25(26,27)28/h4-14,16-17H,15,29H2,1-3H3,(H2,30,31,35)/b22-13-. The highest BCUT2D eigenvalue weighted by Crippen LogP contribution is 2.30. The number of benzene rings is 1. The summed E-state index contributed by atoms with van der Waals surface area (Å²) in [5.74, 6) is 0. The monoisotopic (exact) mass is 487 g/mol. The van der Waals surface area contributed by atoms with Crippen molar-refractivity contribution < 1.29 is 18.0 Å². The molecule has 2 heterocycles. The molecule has 0 radical (unpaired) electrons. The molecule has 2 amide bonds. The highest BCUT2D eigenvalue weighted by atomic mass is 19.4. The lowest BCUT2D eigenvalue weighted by atomic mass is 10.00. The van der Waals surface area contributed by atoms with Gasteiger partial charge in [0.1, 0.15) is 6.54 Å². The highest BCUT2D eigenvalue weighted by molar-refractivity contribution is 5.90. The van der Waals surface area contributed by atoms with Gasteiger partial charge in [0.05, 0.1) is 5.70 Å². The van der Waals surface area contributed by atoms with Gasteiger partial charge in [0, 0.05) is 48.0 Å². The molecule has 2 aromatic rings. The number of alkyl halides is 3. The molecule has 0 spiro atoms. The van der Waals surface area contributed by atoms with E-state index in [1.165, 1.54) is 6.20 Å². The fourth-order valence-electron chi connectivity index (χ4n) is 3.71. The Bertz CT molecular complexity index is 1230. The van der Waals surface area contributed by atoms with Crippen molar-refractivity contribution in [3.8, 4) is 0 Å². The second-order valence-corrected chi connectivity index (χ2v) is 8.40. The molecular formula is C25H28F3N5O2. The number of nitrogens with one attached hydrogen (secondary N) is 2. The first-order chi connectivity index (χ1) is 16.5. The number of anilines is 1. The maximum absolute atomic E-state index is 12.3. The van der Waals surface area contributed by atoms with Crippen molar-refractivity contribution in [3.63, 3.8) is 0 Å². The summed E-state index contributed by atoms with van der Waals surface area (Å²) in [5, 5.41) is 4.17. The summed E-state index contributed by atoms with van der Waals surface area (Å²) in [4.78, 5) is 25.8. The van der Waals surface area contributed by atoms with Crippen LogP contribution in [-0.2, 0) is 0 Å². The number of carbonyl (C=O) groups is 1. The second-order valence-electron chi connectivity index (χ2n) is 8.40. The summed E-state index contributed by atoms with van der Waals surface area (Å²) < 4.78 is 38.7. The summed E-state index contributed by atoms with van der Waals surface area (Å²) in [7, 11) is 0. The largest absolute Gasteiger partial charge is 0.405 e. The minimum atomic E-state index is -4.50. The molecule has 0 fully saturated rings. The van der Waals surface area contributed by atoms with Crippen molar-refractivity contribution in [1.29, 1.82) is 0 Å². The normalized spacial score (nSPS) is 16.3. The third kappa shape index (κ3) is 6.56. The molecule has 0 bridgehead atoms. The van der Waals surface area contributed by atoms with Gasteiger partial charge in [-0.1, -0.05) is 18.2 Å². The highest BCUT2D eigenvalue weighted by Gasteiger charge is 2.27. The first-order valence-corrected chi connectivity index (χ1v) is 11.0. The molecule has 3 rings (SSSR count). The Morgan fingerprint density at radius 3 is 2.60 bits per heavy atom. The average Bonchev–Trinajstić information content (AvgIpc) is 2.79. The van der Waals surface area contributed by atoms with Crippen molar-refractivity contribution in [2.24, 2.45) is 5.73 Å². The third-order valence-electron chi connectivity index (χ3n) is 5.40. The number of carbonyl (C=O) groups excluding carboxylic acids is 1. The van der Waals surface area contributed by atoms with Gasteiger partial charge in [0.15, 0.2) is 0 Å². The van der Waals surface area contributed by atoms with Gasteiger partial charge in [-0.15, -0.1) is 0 Å². The molecule has 1 aromatic heterocycles. The number of pyridine rings is 1. The van der Waals surface area contributed by atoms with E-state index in [9.17, 15) is 22.8 Å². The zero-order valence-corrected chi connectivity index (χ0v) is 19.6. The number of rotatable bonds is 6. The van der Waals surface area contributed by atoms with Crippen LogP contribution in [0.3, 0.4) is 0 Å². The number of nitrogens with zero attached hydrogens (tertiary/aromatic N) is 2. The molecule has 7 nitrogen and oxygen atoms in total. The number of halogens is 3. The third-order valence-corrected chi connectivity index (χ3v) is 5.40. The predicted molar refractivity (Wildman–Crippen MR) is 131 cm³/mol. The van der Waals surface area contributed by atoms with Crippen LogP contribution in [0.4, 0.5) is 23.7 Å². The van der Waals surface area contributed by atoms with Crippen LogP contribution in [0.2, 0.25) is 0 Å². The van der Waals surface area contributed by atoms with Crippen molar-refractivity contribution >= 4 is 23.0 Å². The fourth-order valence-corrected chi connectivity index (χ4v) is 3.71. The Kier molecular flexibility index (Phi) is 7.73. The van der Waals surface area contributed by atoms with Crippen molar-refractivity contribution in [1.82, 2.24) is 14.8 Å². The second kappa shape index (κ2) is 10.5. The lowest BCUT2D eigenvalue weighted by Gasteiger charge is -2.32. The smallest absolute Gasteiger partial charge is 0.403 e. The summed E-state index contributed by atoms with van der Waals surface area (Å²) in [6.45, 7) is 4.45. The zero-order valence-electron chi connectivity index (χ0n) is 19.6. The van der Waals surface area contributed by atoms with E-state index in [1.807, 2.05) is 50.2 Å². The molecule has 1 unspecified atom stereocenters. The lowest BCUT2D eigenvalue weighted by Crippen LogP contribution is -2.36. The Labute approximate surface area is 201 Å². The molecule has 10 heteroatoms. The number of hydrogen-bond acceptors (Lipinski definition) is 4. The first-order valence-electron chi connectivity index (χ1n) is 11.0. The molecule has 1 atom stereocenters. The maximum atomic E-state index is 12.3. The Morgan fingerprint density at radius 1 is 1.23 bits per heavy atom. The van der Waals surface area contributed by atoms with Crippen LogP contribution >= 0.6 is 0 Å². The minimum Gasteiger partial charge on any atom is -0.403 e. The van der Waals surface area contributed by atoms with Crippen molar-refractivity contribution in [2.45, 2.75) is 39.0 Å². The maximum Gasteiger partial charge on any atom is 0.405 e. The van der Waals surface area contributed by atoms with Crippen LogP contribution in [0.5, 0.6) is 0 Å². The summed E-state index contributed by atoms with van der Waals surface area (Å²) in [5.41, 5.74) is 9.38. The van der Waals surface area contributed by atoms with Gasteiger partial charge in [0.25, 0.3) is 5.56 Å². The average molecular weight is 488 g/mol. The van der Waals surface area contributed by atoms with Gasteiger partial charge < -0.3 is 25.8 Å². The van der Waals surface area contributed by atoms with Gasteiger partial charge in [-0.3, -0.25) is 4.79 Å². The Hall–Kier alpha value is -3.95. The van der Waals surface area contributed by atoms with E-state index in [0.29, 0.717) is 16.9 Å². The number of allylic oxidation sites excluding steroid dienone is 2. The van der Waals surface area contributed by atoms with Gasteiger partial charge in [-0.2, -0.15) is 13.2 Å². The molecule has 1 aliphatic heterocycles. The molecule has 35 heavy (non-hydrogen) atoms. The van der Waals surface area contributed by atoms with Crippen molar-refractivity contribution in [3.05, 3.63) is 88.6 Å². The molecule has 1 aromatic carbocycles. The number of urea groups is 1. The van der Waals surface area contributed by atoms with E-state index in [-0.39, 0.29) is 17.6 Å². The van der Waals surface area contributed by atoms with Crippen LogP contribution in [0.25, 0.3) is 11.3 Å². The quantitative estimate of drug-likeness (QED) is 0.552. The number of amides is 2. The number of nitrogens with two attached hydrogens (primary N) is 1. The fraction of sp³-hybridized carbons (Fsp3) is 0.280. The molecular weight excluding hydrogens is 459 g/mol. The Balaban J connectivity index is 1.78.